The van der Waals surface area contributed by atoms with Crippen LogP contribution in [0.2, 0.25) is 0 Å². The van der Waals surface area contributed by atoms with Gasteiger partial charge in [-0.3, -0.25) is 5.84 Å². The molecule has 0 unspecified atom stereocenters. The van der Waals surface area contributed by atoms with Gasteiger partial charge >= 0.3 is 25.0 Å². The molecular formula is C6H16AlClF3LiN2. The first-order valence-corrected chi connectivity index (χ1v) is 3.56. The molecule has 0 aromatic carbocycles. The minimum absolute atomic E-state index is 0. The summed E-state index contributed by atoms with van der Waals surface area (Å²) in [6.45, 7) is 0.703. The van der Waals surface area contributed by atoms with Crippen molar-refractivity contribution in [2.75, 3.05) is 13.1 Å². The maximum Gasteiger partial charge on any atom is 1.00 e. The number of hydrazine groups is 1. The maximum atomic E-state index is 12.0. The van der Waals surface area contributed by atoms with Crippen LogP contribution in [0.25, 0.3) is 0 Å². The fourth-order valence-electron chi connectivity index (χ4n) is 1.23. The molecule has 0 radical (unpaired) electrons. The zero-order valence-corrected chi connectivity index (χ0v) is 8.29. The smallest absolute Gasteiger partial charge is 1.00 e. The summed E-state index contributed by atoms with van der Waals surface area (Å²) in [5.41, 5.74) is 0. The van der Waals surface area contributed by atoms with E-state index in [1.807, 2.05) is 0 Å². The first-order chi connectivity index (χ1) is 5.00. The molecule has 0 spiro atoms. The molecule has 0 atom stereocenters. The molecule has 1 heterocycles. The largest absolute Gasteiger partial charge is 1.00 e. The van der Waals surface area contributed by atoms with E-state index in [1.165, 1.54) is 5.01 Å². The molecule has 1 aliphatic heterocycles. The summed E-state index contributed by atoms with van der Waals surface area (Å²) < 4.78 is 36.0. The third-order valence-electron chi connectivity index (χ3n) is 1.99. The molecule has 0 bridgehead atoms. The van der Waals surface area contributed by atoms with E-state index in [0.717, 1.165) is 0 Å². The summed E-state index contributed by atoms with van der Waals surface area (Å²) in [4.78, 5) is 0. The van der Waals surface area contributed by atoms with Gasteiger partial charge in [0.15, 0.2) is 17.4 Å². The van der Waals surface area contributed by atoms with Crippen molar-refractivity contribution in [3.05, 3.63) is 0 Å². The third kappa shape index (κ3) is 6.58. The van der Waals surface area contributed by atoms with Crippen molar-refractivity contribution in [3.8, 4) is 0 Å². The molecule has 8 heteroatoms. The number of nitrogens with two attached hydrogens (primary N) is 1. The van der Waals surface area contributed by atoms with Gasteiger partial charge in [-0.1, -0.05) is 0 Å². The number of alkyl halides is 3. The maximum absolute atomic E-state index is 12.0. The molecule has 1 fully saturated rings. The first-order valence-electron chi connectivity index (χ1n) is 3.56. The summed E-state index contributed by atoms with van der Waals surface area (Å²) in [5.74, 6) is 4.17. The zero-order chi connectivity index (χ0) is 8.48. The third-order valence-corrected chi connectivity index (χ3v) is 1.99. The monoisotopic (exact) mass is 242 g/mol. The Morgan fingerprint density at radius 2 is 1.57 bits per heavy atom. The topological polar surface area (TPSA) is 29.3 Å². The Balaban J connectivity index is -0.000000151. The van der Waals surface area contributed by atoms with Crippen LogP contribution in [0.15, 0.2) is 0 Å². The van der Waals surface area contributed by atoms with Crippen molar-refractivity contribution in [3.63, 3.8) is 0 Å². The average Bonchev–Trinajstić information content (AvgIpc) is 1.86. The van der Waals surface area contributed by atoms with Crippen LogP contribution >= 0.6 is 12.4 Å². The summed E-state index contributed by atoms with van der Waals surface area (Å²) in [7, 11) is 0. The van der Waals surface area contributed by atoms with Gasteiger partial charge in [-0.05, 0) is 12.8 Å². The van der Waals surface area contributed by atoms with Crippen LogP contribution in [0.5, 0.6) is 0 Å². The second kappa shape index (κ2) is 8.30. The first kappa shape index (κ1) is 20.5. The second-order valence-electron chi connectivity index (χ2n) is 2.85. The van der Waals surface area contributed by atoms with E-state index < -0.39 is 12.1 Å². The normalized spacial score (nSPS) is 18.9. The van der Waals surface area contributed by atoms with Crippen LogP contribution < -0.4 is 24.7 Å². The predicted octanol–water partition coefficient (Wildman–Crippen LogP) is -2.51. The molecule has 0 amide bonds. The van der Waals surface area contributed by atoms with E-state index in [-0.39, 0.29) is 62.9 Å². The van der Waals surface area contributed by atoms with Gasteiger partial charge in [0.2, 0.25) is 0 Å². The van der Waals surface area contributed by atoms with Crippen molar-refractivity contribution in [2.24, 2.45) is 11.8 Å². The van der Waals surface area contributed by atoms with Gasteiger partial charge in [-0.25, -0.2) is 5.01 Å². The van der Waals surface area contributed by atoms with Gasteiger partial charge in [0.25, 0.3) is 0 Å². The van der Waals surface area contributed by atoms with E-state index in [4.69, 9.17) is 5.84 Å². The summed E-state index contributed by atoms with van der Waals surface area (Å²) in [6, 6.07) is 0. The minimum Gasteiger partial charge on any atom is -1.00 e. The molecule has 1 aliphatic rings. The van der Waals surface area contributed by atoms with Gasteiger partial charge in [0.05, 0.1) is 5.92 Å². The van der Waals surface area contributed by atoms with Gasteiger partial charge in [0.1, 0.15) is 0 Å². The van der Waals surface area contributed by atoms with Gasteiger partial charge in [0, 0.05) is 13.1 Å². The second-order valence-corrected chi connectivity index (χ2v) is 2.85. The van der Waals surface area contributed by atoms with Crippen LogP contribution in [0.1, 0.15) is 14.3 Å². The Labute approximate surface area is 112 Å². The Kier molecular flexibility index (Phi) is 12.2. The van der Waals surface area contributed by atoms with Gasteiger partial charge in [-0.2, -0.15) is 13.2 Å². The molecule has 1 saturated heterocycles. The Morgan fingerprint density at radius 3 is 1.86 bits per heavy atom. The van der Waals surface area contributed by atoms with E-state index in [9.17, 15) is 13.2 Å². The number of halogens is 4. The van der Waals surface area contributed by atoms with Crippen LogP contribution in [-0.4, -0.2) is 41.6 Å². The number of hydrogen-bond donors (Lipinski definition) is 1. The molecule has 0 aromatic heterocycles. The molecular weight excluding hydrogens is 226 g/mol. The van der Waals surface area contributed by atoms with Crippen LogP contribution in [0, 0.1) is 5.92 Å². The Hall–Kier alpha value is 1.13. The summed E-state index contributed by atoms with van der Waals surface area (Å²) in [5, 5.41) is 1.43. The minimum atomic E-state index is -4.03. The molecule has 14 heavy (non-hydrogen) atoms. The number of nitrogens with zero attached hydrogens (tertiary/aromatic N) is 1. The fraction of sp³-hybridized carbons (Fsp3) is 1.00. The molecule has 0 aromatic rings. The van der Waals surface area contributed by atoms with Gasteiger partial charge < -0.3 is 1.43 Å². The molecule has 2 N–H and O–H groups in total. The van der Waals surface area contributed by atoms with Crippen molar-refractivity contribution in [1.29, 1.82) is 0 Å². The van der Waals surface area contributed by atoms with Crippen molar-refractivity contribution in [1.82, 2.24) is 5.01 Å². The van der Waals surface area contributed by atoms with Crippen molar-refractivity contribution >= 4 is 29.8 Å². The average molecular weight is 243 g/mol. The van der Waals surface area contributed by atoms with Crippen LogP contribution in [0.4, 0.5) is 13.2 Å². The quantitative estimate of drug-likeness (QED) is 0.376. The van der Waals surface area contributed by atoms with E-state index in [2.05, 4.69) is 0 Å². The number of hydrogen-bond acceptors (Lipinski definition) is 2. The van der Waals surface area contributed by atoms with E-state index in [0.29, 0.717) is 13.1 Å². The summed E-state index contributed by atoms with van der Waals surface area (Å²) >= 11 is 0. The SMILES string of the molecule is Cl.NN1CCC(C(F)(F)F)CC1.[AlH3].[H-].[Li+]. The standard InChI is InChI=1S/C6H11F3N2.Al.ClH.Li.4H/c7-6(8,9)5-1-3-11(10)4-2-5;;;;;;;/h5H,1-4,10H2;;1H;;;;;/q;;;+1;;;;-1. The summed E-state index contributed by atoms with van der Waals surface area (Å²) in [6.07, 6.45) is -3.75. The predicted molar refractivity (Wildman–Crippen MR) is 52.8 cm³/mol. The fourth-order valence-corrected chi connectivity index (χ4v) is 1.23. The number of rotatable bonds is 0. The number of piperidine rings is 1. The molecule has 0 saturated carbocycles. The molecule has 82 valence electrons. The zero-order valence-electron chi connectivity index (χ0n) is 8.47. The molecule has 0 aliphatic carbocycles. The van der Waals surface area contributed by atoms with Crippen LogP contribution in [-0.2, 0) is 0 Å². The van der Waals surface area contributed by atoms with Crippen molar-refractivity contribution < 1.29 is 33.5 Å². The van der Waals surface area contributed by atoms with E-state index in [1.54, 1.807) is 0 Å². The van der Waals surface area contributed by atoms with Crippen LogP contribution in [0.3, 0.4) is 0 Å². The Morgan fingerprint density at radius 1 is 1.21 bits per heavy atom. The molecule has 1 rings (SSSR count). The van der Waals surface area contributed by atoms with Gasteiger partial charge in [-0.15, -0.1) is 12.4 Å². The van der Waals surface area contributed by atoms with Crippen molar-refractivity contribution in [2.45, 2.75) is 19.0 Å². The van der Waals surface area contributed by atoms with E-state index >= 15 is 0 Å². The molecule has 2 nitrogen and oxygen atoms in total. The Bertz CT molecular complexity index is 147.